The molecule has 5 heteroatoms. The van der Waals surface area contributed by atoms with E-state index in [2.05, 4.69) is 5.32 Å². The highest BCUT2D eigenvalue weighted by atomic mass is 16.5. The number of carboxylic acid groups (broad SMARTS) is 1. The van der Waals surface area contributed by atoms with Gasteiger partial charge in [-0.05, 0) is 38.8 Å². The normalized spacial score (nSPS) is 13.3. The number of nitrogens with one attached hydrogen (secondary N) is 1. The van der Waals surface area contributed by atoms with Crippen molar-refractivity contribution in [2.75, 3.05) is 6.61 Å². The summed E-state index contributed by atoms with van der Waals surface area (Å²) in [5.74, 6) is -0.620. The Bertz CT molecular complexity index is 527. The molecular formula is C16H23NO4. The standard InChI is InChI=1S/C16H23NO4/c1-5-16(4,15(19)20)17-14(18)8-9-21-13-7-6-11(2)10-12(13)3/h6-7,10H,5,8-9H2,1-4H3,(H,17,18)(H,19,20). The lowest BCUT2D eigenvalue weighted by Crippen LogP contribution is -2.51. The third-order valence-electron chi connectivity index (χ3n) is 3.51. The van der Waals surface area contributed by atoms with Crippen molar-refractivity contribution in [3.63, 3.8) is 0 Å². The summed E-state index contributed by atoms with van der Waals surface area (Å²) in [6, 6.07) is 5.82. The van der Waals surface area contributed by atoms with Crippen molar-refractivity contribution in [3.8, 4) is 5.75 Å². The Morgan fingerprint density at radius 3 is 2.52 bits per heavy atom. The van der Waals surface area contributed by atoms with Crippen molar-refractivity contribution in [1.29, 1.82) is 0 Å². The summed E-state index contributed by atoms with van der Waals surface area (Å²) in [6.07, 6.45) is 0.447. The fourth-order valence-corrected chi connectivity index (χ4v) is 1.88. The van der Waals surface area contributed by atoms with Gasteiger partial charge in [0, 0.05) is 0 Å². The molecule has 0 aliphatic carbocycles. The van der Waals surface area contributed by atoms with E-state index in [1.165, 1.54) is 6.92 Å². The molecule has 1 atom stereocenters. The van der Waals surface area contributed by atoms with Crippen LogP contribution in [0.4, 0.5) is 0 Å². The average Bonchev–Trinajstić information content (AvgIpc) is 2.40. The number of hydrogen-bond acceptors (Lipinski definition) is 3. The lowest BCUT2D eigenvalue weighted by molar-refractivity contribution is -0.147. The highest BCUT2D eigenvalue weighted by molar-refractivity contribution is 5.86. The summed E-state index contributed by atoms with van der Waals surface area (Å²) in [5.41, 5.74) is 0.939. The van der Waals surface area contributed by atoms with Gasteiger partial charge < -0.3 is 15.2 Å². The highest BCUT2D eigenvalue weighted by Gasteiger charge is 2.32. The number of carbonyl (C=O) groups excluding carboxylic acids is 1. The smallest absolute Gasteiger partial charge is 0.329 e. The van der Waals surface area contributed by atoms with Gasteiger partial charge in [0.15, 0.2) is 0 Å². The topological polar surface area (TPSA) is 75.6 Å². The second-order valence-electron chi connectivity index (χ2n) is 5.41. The molecule has 0 aliphatic heterocycles. The van der Waals surface area contributed by atoms with Gasteiger partial charge in [0.1, 0.15) is 11.3 Å². The van der Waals surface area contributed by atoms with Crippen molar-refractivity contribution in [2.45, 2.75) is 46.1 Å². The molecule has 1 unspecified atom stereocenters. The molecule has 1 rings (SSSR count). The zero-order valence-corrected chi connectivity index (χ0v) is 13.0. The largest absolute Gasteiger partial charge is 0.493 e. The van der Waals surface area contributed by atoms with Crippen LogP contribution in [0.2, 0.25) is 0 Å². The van der Waals surface area contributed by atoms with E-state index in [4.69, 9.17) is 9.84 Å². The Balaban J connectivity index is 2.49. The van der Waals surface area contributed by atoms with Crippen LogP contribution in [-0.2, 0) is 9.59 Å². The van der Waals surface area contributed by atoms with Crippen molar-refractivity contribution in [2.24, 2.45) is 0 Å². The molecule has 0 spiro atoms. The number of ether oxygens (including phenoxy) is 1. The maximum Gasteiger partial charge on any atom is 0.329 e. The summed E-state index contributed by atoms with van der Waals surface area (Å²) < 4.78 is 5.56. The molecule has 1 amide bonds. The van der Waals surface area contributed by atoms with Gasteiger partial charge in [0.05, 0.1) is 13.0 Å². The Morgan fingerprint density at radius 1 is 1.33 bits per heavy atom. The summed E-state index contributed by atoms with van der Waals surface area (Å²) in [5, 5.41) is 11.6. The molecule has 0 aliphatic rings. The van der Waals surface area contributed by atoms with Gasteiger partial charge in [-0.2, -0.15) is 0 Å². The Labute approximate surface area is 125 Å². The van der Waals surface area contributed by atoms with E-state index in [1.807, 2.05) is 32.0 Å². The summed E-state index contributed by atoms with van der Waals surface area (Å²) in [7, 11) is 0. The van der Waals surface area contributed by atoms with Crippen LogP contribution >= 0.6 is 0 Å². The van der Waals surface area contributed by atoms with E-state index in [-0.39, 0.29) is 18.9 Å². The first-order valence-corrected chi connectivity index (χ1v) is 7.03. The molecule has 116 valence electrons. The Morgan fingerprint density at radius 2 is 2.00 bits per heavy atom. The molecule has 0 saturated heterocycles. The Hall–Kier alpha value is -2.04. The molecule has 0 fully saturated rings. The first-order valence-electron chi connectivity index (χ1n) is 7.03. The van der Waals surface area contributed by atoms with Gasteiger partial charge in [-0.15, -0.1) is 0 Å². The van der Waals surface area contributed by atoms with E-state index in [9.17, 15) is 9.59 Å². The predicted octanol–water partition coefficient (Wildman–Crippen LogP) is 2.44. The molecule has 1 aromatic carbocycles. The summed E-state index contributed by atoms with van der Waals surface area (Å²) in [6.45, 7) is 7.39. The van der Waals surface area contributed by atoms with Gasteiger partial charge in [0.2, 0.25) is 5.91 Å². The van der Waals surface area contributed by atoms with Crippen LogP contribution in [0.5, 0.6) is 5.75 Å². The van der Waals surface area contributed by atoms with Gasteiger partial charge in [-0.25, -0.2) is 4.79 Å². The van der Waals surface area contributed by atoms with E-state index in [0.29, 0.717) is 6.42 Å². The highest BCUT2D eigenvalue weighted by Crippen LogP contribution is 2.18. The number of amides is 1. The van der Waals surface area contributed by atoms with E-state index in [1.54, 1.807) is 6.92 Å². The molecule has 0 saturated carbocycles. The number of hydrogen-bond donors (Lipinski definition) is 2. The molecule has 0 heterocycles. The predicted molar refractivity (Wildman–Crippen MR) is 80.5 cm³/mol. The maximum atomic E-state index is 11.8. The number of carboxylic acids is 1. The minimum atomic E-state index is -1.23. The minimum Gasteiger partial charge on any atom is -0.493 e. The lowest BCUT2D eigenvalue weighted by Gasteiger charge is -2.24. The maximum absolute atomic E-state index is 11.8. The van der Waals surface area contributed by atoms with Gasteiger partial charge >= 0.3 is 5.97 Å². The van der Waals surface area contributed by atoms with Crippen LogP contribution in [0, 0.1) is 13.8 Å². The van der Waals surface area contributed by atoms with Gasteiger partial charge in [-0.3, -0.25) is 4.79 Å². The van der Waals surface area contributed by atoms with Crippen LogP contribution in [0.25, 0.3) is 0 Å². The van der Waals surface area contributed by atoms with E-state index < -0.39 is 11.5 Å². The molecule has 21 heavy (non-hydrogen) atoms. The molecule has 0 radical (unpaired) electrons. The zero-order chi connectivity index (χ0) is 16.0. The second-order valence-corrected chi connectivity index (χ2v) is 5.41. The molecule has 0 aromatic heterocycles. The number of rotatable bonds is 7. The summed E-state index contributed by atoms with van der Waals surface area (Å²) in [4.78, 5) is 22.9. The van der Waals surface area contributed by atoms with Gasteiger partial charge in [0.25, 0.3) is 0 Å². The first kappa shape index (κ1) is 17.0. The van der Waals surface area contributed by atoms with Crippen molar-refractivity contribution < 1.29 is 19.4 Å². The van der Waals surface area contributed by atoms with Gasteiger partial charge in [-0.1, -0.05) is 24.6 Å². The monoisotopic (exact) mass is 293 g/mol. The number of aliphatic carboxylic acids is 1. The third kappa shape index (κ3) is 4.77. The SMILES string of the molecule is CCC(C)(NC(=O)CCOc1ccc(C)cc1C)C(=O)O. The van der Waals surface area contributed by atoms with Crippen LogP contribution in [0.3, 0.4) is 0 Å². The molecule has 2 N–H and O–H groups in total. The van der Waals surface area contributed by atoms with Crippen LogP contribution in [0.1, 0.15) is 37.8 Å². The fourth-order valence-electron chi connectivity index (χ4n) is 1.88. The van der Waals surface area contributed by atoms with Crippen molar-refractivity contribution in [1.82, 2.24) is 5.32 Å². The average molecular weight is 293 g/mol. The molecular weight excluding hydrogens is 270 g/mol. The van der Waals surface area contributed by atoms with E-state index in [0.717, 1.165) is 16.9 Å². The Kier molecular flexibility index (Phi) is 5.76. The van der Waals surface area contributed by atoms with Crippen molar-refractivity contribution >= 4 is 11.9 Å². The molecule has 1 aromatic rings. The number of benzene rings is 1. The lowest BCUT2D eigenvalue weighted by atomic mass is 9.99. The zero-order valence-electron chi connectivity index (χ0n) is 13.0. The molecule has 5 nitrogen and oxygen atoms in total. The van der Waals surface area contributed by atoms with E-state index >= 15 is 0 Å². The number of aryl methyl sites for hydroxylation is 2. The van der Waals surface area contributed by atoms with Crippen LogP contribution in [0.15, 0.2) is 18.2 Å². The van der Waals surface area contributed by atoms with Crippen LogP contribution in [-0.4, -0.2) is 29.1 Å². The fraction of sp³-hybridized carbons (Fsp3) is 0.500. The third-order valence-corrected chi connectivity index (χ3v) is 3.51. The molecule has 0 bridgehead atoms. The minimum absolute atomic E-state index is 0.121. The van der Waals surface area contributed by atoms with Crippen LogP contribution < -0.4 is 10.1 Å². The summed E-state index contributed by atoms with van der Waals surface area (Å²) >= 11 is 0. The first-order chi connectivity index (χ1) is 9.78. The number of carbonyl (C=O) groups is 2. The van der Waals surface area contributed by atoms with Crippen molar-refractivity contribution in [3.05, 3.63) is 29.3 Å². The quantitative estimate of drug-likeness (QED) is 0.809. The second kappa shape index (κ2) is 7.11.